The highest BCUT2D eigenvalue weighted by atomic mass is 16.5. The van der Waals surface area contributed by atoms with Gasteiger partial charge < -0.3 is 9.30 Å². The van der Waals surface area contributed by atoms with Crippen molar-refractivity contribution in [3.8, 4) is 5.75 Å². The Kier molecular flexibility index (Phi) is 3.97. The van der Waals surface area contributed by atoms with E-state index in [-0.39, 0.29) is 5.56 Å². The molecule has 0 amide bonds. The van der Waals surface area contributed by atoms with Crippen LogP contribution in [0.1, 0.15) is 5.56 Å². The van der Waals surface area contributed by atoms with Gasteiger partial charge in [0.15, 0.2) is 0 Å². The molecule has 0 fully saturated rings. The van der Waals surface area contributed by atoms with Crippen molar-refractivity contribution >= 4 is 6.08 Å². The molecule has 1 aromatic carbocycles. The highest BCUT2D eigenvalue weighted by Crippen LogP contribution is 2.12. The van der Waals surface area contributed by atoms with Gasteiger partial charge in [0.1, 0.15) is 5.75 Å². The van der Waals surface area contributed by atoms with E-state index in [0.717, 1.165) is 11.3 Å². The third-order valence-corrected chi connectivity index (χ3v) is 2.63. The number of nitrogens with zero attached hydrogens (tertiary/aromatic N) is 1. The van der Waals surface area contributed by atoms with E-state index in [1.165, 1.54) is 0 Å². The molecule has 0 radical (unpaired) electrons. The molecule has 0 spiro atoms. The molecule has 92 valence electrons. The van der Waals surface area contributed by atoms with E-state index in [9.17, 15) is 4.79 Å². The number of methoxy groups -OCH3 is 1. The van der Waals surface area contributed by atoms with Gasteiger partial charge in [0, 0.05) is 18.8 Å². The van der Waals surface area contributed by atoms with Crippen LogP contribution in [0.4, 0.5) is 0 Å². The minimum atomic E-state index is 0.0110. The SMILES string of the molecule is COc1ccc(/C=C/Cn2ccccc2=O)cc1. The minimum absolute atomic E-state index is 0.0110. The fraction of sp³-hybridized carbons (Fsp3) is 0.133. The third kappa shape index (κ3) is 3.10. The van der Waals surface area contributed by atoms with E-state index >= 15 is 0 Å². The van der Waals surface area contributed by atoms with Gasteiger partial charge in [0.25, 0.3) is 5.56 Å². The molecule has 1 aromatic heterocycles. The molecule has 0 aliphatic rings. The number of rotatable bonds is 4. The van der Waals surface area contributed by atoms with E-state index in [4.69, 9.17) is 4.74 Å². The van der Waals surface area contributed by atoms with Crippen LogP contribution in [-0.4, -0.2) is 11.7 Å². The summed E-state index contributed by atoms with van der Waals surface area (Å²) >= 11 is 0. The quantitative estimate of drug-likeness (QED) is 0.823. The zero-order valence-corrected chi connectivity index (χ0v) is 10.2. The van der Waals surface area contributed by atoms with E-state index in [1.54, 1.807) is 30.0 Å². The van der Waals surface area contributed by atoms with Crippen LogP contribution in [0, 0.1) is 0 Å². The smallest absolute Gasteiger partial charge is 0.250 e. The lowest BCUT2D eigenvalue weighted by atomic mass is 10.2. The second kappa shape index (κ2) is 5.87. The van der Waals surface area contributed by atoms with Gasteiger partial charge in [-0.05, 0) is 23.8 Å². The summed E-state index contributed by atoms with van der Waals surface area (Å²) in [7, 11) is 1.65. The number of benzene rings is 1. The zero-order valence-electron chi connectivity index (χ0n) is 10.2. The maximum atomic E-state index is 11.5. The number of hydrogen-bond acceptors (Lipinski definition) is 2. The molecule has 0 bridgehead atoms. The topological polar surface area (TPSA) is 31.2 Å². The molecule has 2 aromatic rings. The molecule has 0 N–H and O–H groups in total. The Morgan fingerprint density at radius 1 is 1.17 bits per heavy atom. The van der Waals surface area contributed by atoms with Crippen LogP contribution in [-0.2, 0) is 6.54 Å². The third-order valence-electron chi connectivity index (χ3n) is 2.63. The van der Waals surface area contributed by atoms with E-state index in [2.05, 4.69) is 0 Å². The van der Waals surface area contributed by atoms with E-state index in [1.807, 2.05) is 42.5 Å². The number of hydrogen-bond donors (Lipinski definition) is 0. The molecule has 0 aliphatic heterocycles. The van der Waals surface area contributed by atoms with Crippen LogP contribution in [0.15, 0.2) is 59.5 Å². The van der Waals surface area contributed by atoms with Gasteiger partial charge in [-0.1, -0.05) is 30.4 Å². The molecule has 0 unspecified atom stereocenters. The first-order valence-electron chi connectivity index (χ1n) is 5.75. The molecule has 18 heavy (non-hydrogen) atoms. The summed E-state index contributed by atoms with van der Waals surface area (Å²) in [6.45, 7) is 0.575. The Morgan fingerprint density at radius 3 is 2.61 bits per heavy atom. The Labute approximate surface area is 106 Å². The van der Waals surface area contributed by atoms with E-state index < -0.39 is 0 Å². The number of pyridine rings is 1. The maximum absolute atomic E-state index is 11.5. The molecule has 3 heteroatoms. The zero-order chi connectivity index (χ0) is 12.8. The predicted octanol–water partition coefficient (Wildman–Crippen LogP) is 2.57. The Morgan fingerprint density at radius 2 is 1.94 bits per heavy atom. The standard InChI is InChI=1S/C15H15NO2/c1-18-14-9-7-13(8-10-14)5-4-12-16-11-3-2-6-15(16)17/h2-11H,12H2,1H3/b5-4+. The summed E-state index contributed by atoms with van der Waals surface area (Å²) < 4.78 is 6.74. The first-order chi connectivity index (χ1) is 8.79. The van der Waals surface area contributed by atoms with Crippen molar-refractivity contribution in [3.63, 3.8) is 0 Å². The van der Waals surface area contributed by atoms with Crippen LogP contribution in [0.2, 0.25) is 0 Å². The van der Waals surface area contributed by atoms with Crippen LogP contribution < -0.4 is 10.3 Å². The molecular formula is C15H15NO2. The van der Waals surface area contributed by atoms with Crippen molar-refractivity contribution < 1.29 is 4.74 Å². The molecule has 2 rings (SSSR count). The molecule has 0 atom stereocenters. The van der Waals surface area contributed by atoms with Crippen molar-refractivity contribution in [2.24, 2.45) is 0 Å². The molecule has 0 saturated carbocycles. The largest absolute Gasteiger partial charge is 0.497 e. The lowest BCUT2D eigenvalue weighted by Crippen LogP contribution is -2.16. The van der Waals surface area contributed by atoms with Crippen LogP contribution in [0.25, 0.3) is 6.08 Å². The molecule has 0 saturated heterocycles. The summed E-state index contributed by atoms with van der Waals surface area (Å²) in [5.41, 5.74) is 1.09. The number of allylic oxidation sites excluding steroid dienone is 1. The highest BCUT2D eigenvalue weighted by Gasteiger charge is 1.91. The van der Waals surface area contributed by atoms with Gasteiger partial charge >= 0.3 is 0 Å². The summed E-state index contributed by atoms with van der Waals surface area (Å²) in [6.07, 6.45) is 5.72. The second-order valence-electron chi connectivity index (χ2n) is 3.87. The van der Waals surface area contributed by atoms with Crippen LogP contribution in [0.5, 0.6) is 5.75 Å². The first kappa shape index (κ1) is 12.2. The van der Waals surface area contributed by atoms with Crippen LogP contribution >= 0.6 is 0 Å². The van der Waals surface area contributed by atoms with Crippen LogP contribution in [0.3, 0.4) is 0 Å². The maximum Gasteiger partial charge on any atom is 0.250 e. The predicted molar refractivity (Wildman–Crippen MR) is 72.7 cm³/mol. The molecule has 3 nitrogen and oxygen atoms in total. The lowest BCUT2D eigenvalue weighted by Gasteiger charge is -2.01. The molecule has 0 aliphatic carbocycles. The van der Waals surface area contributed by atoms with Crippen molar-refractivity contribution in [3.05, 3.63) is 70.7 Å². The van der Waals surface area contributed by atoms with Crippen molar-refractivity contribution in [2.45, 2.75) is 6.54 Å². The van der Waals surface area contributed by atoms with Gasteiger partial charge in [-0.3, -0.25) is 4.79 Å². The summed E-state index contributed by atoms with van der Waals surface area (Å²) in [4.78, 5) is 11.5. The van der Waals surface area contributed by atoms with Gasteiger partial charge in [-0.15, -0.1) is 0 Å². The van der Waals surface area contributed by atoms with E-state index in [0.29, 0.717) is 6.54 Å². The number of ether oxygens (including phenoxy) is 1. The highest BCUT2D eigenvalue weighted by molar-refractivity contribution is 5.50. The number of aromatic nitrogens is 1. The fourth-order valence-electron chi connectivity index (χ4n) is 1.63. The normalized spacial score (nSPS) is 10.7. The average molecular weight is 241 g/mol. The van der Waals surface area contributed by atoms with Gasteiger partial charge in [0.2, 0.25) is 0 Å². The van der Waals surface area contributed by atoms with Crippen molar-refractivity contribution in [1.82, 2.24) is 4.57 Å². The summed E-state index contributed by atoms with van der Waals surface area (Å²) in [5, 5.41) is 0. The van der Waals surface area contributed by atoms with Gasteiger partial charge in [0.05, 0.1) is 7.11 Å². The summed E-state index contributed by atoms with van der Waals surface area (Å²) in [5.74, 6) is 0.839. The fourth-order valence-corrected chi connectivity index (χ4v) is 1.63. The lowest BCUT2D eigenvalue weighted by molar-refractivity contribution is 0.415. The van der Waals surface area contributed by atoms with Crippen molar-refractivity contribution in [2.75, 3.05) is 7.11 Å². The van der Waals surface area contributed by atoms with Gasteiger partial charge in [-0.25, -0.2) is 0 Å². The first-order valence-corrected chi connectivity index (χ1v) is 5.75. The Hall–Kier alpha value is -2.29. The summed E-state index contributed by atoms with van der Waals surface area (Å²) in [6, 6.07) is 12.9. The van der Waals surface area contributed by atoms with Gasteiger partial charge in [-0.2, -0.15) is 0 Å². The molecule has 1 heterocycles. The van der Waals surface area contributed by atoms with Crippen molar-refractivity contribution in [1.29, 1.82) is 0 Å². The minimum Gasteiger partial charge on any atom is -0.497 e. The Bertz CT molecular complexity index is 582. The monoisotopic (exact) mass is 241 g/mol. The average Bonchev–Trinajstić information content (AvgIpc) is 2.42. The Balaban J connectivity index is 2.03. The second-order valence-corrected chi connectivity index (χ2v) is 3.87. The molecular weight excluding hydrogens is 226 g/mol.